The number of likely N-dealkylation sites (tertiary alicyclic amines) is 1. The van der Waals surface area contributed by atoms with Gasteiger partial charge in [-0.15, -0.1) is 0 Å². The van der Waals surface area contributed by atoms with Gasteiger partial charge in [0, 0.05) is 49.4 Å². The molecule has 0 unspecified atom stereocenters. The number of ether oxygens (including phenoxy) is 1. The van der Waals surface area contributed by atoms with Crippen LogP contribution in [0.5, 0.6) is 0 Å². The molecule has 2 N–H and O–H groups in total. The Morgan fingerprint density at radius 3 is 2.57 bits per heavy atom. The number of halogens is 1. The van der Waals surface area contributed by atoms with Crippen LogP contribution < -0.4 is 10.6 Å². The van der Waals surface area contributed by atoms with Gasteiger partial charge < -0.3 is 20.3 Å². The summed E-state index contributed by atoms with van der Waals surface area (Å²) in [5.41, 5.74) is 3.81. The molecule has 2 aromatic carbocycles. The highest BCUT2D eigenvalue weighted by molar-refractivity contribution is 6.01. The zero-order chi connectivity index (χ0) is 32.6. The van der Waals surface area contributed by atoms with Gasteiger partial charge in [-0.2, -0.15) is 5.10 Å². The summed E-state index contributed by atoms with van der Waals surface area (Å²) in [6.45, 7) is 9.12. The normalized spacial score (nSPS) is 21.5. The molecule has 6 rings (SSSR count). The number of aliphatic imine (C=N–C) groups is 2. The molecule has 2 bridgehead atoms. The molecule has 240 valence electrons. The van der Waals surface area contributed by atoms with Crippen LogP contribution in [-0.2, 0) is 21.4 Å². The summed E-state index contributed by atoms with van der Waals surface area (Å²) in [6.07, 6.45) is 5.23. The second kappa shape index (κ2) is 12.6. The predicted molar refractivity (Wildman–Crippen MR) is 178 cm³/mol. The van der Waals surface area contributed by atoms with Crippen LogP contribution in [0.2, 0.25) is 0 Å². The highest BCUT2D eigenvalue weighted by Gasteiger charge is 2.52. The number of nitrogens with zero attached hydrogens (tertiary/aromatic N) is 5. The molecule has 0 spiro atoms. The highest BCUT2D eigenvalue weighted by Crippen LogP contribution is 2.40. The maximum atomic E-state index is 14.8. The van der Waals surface area contributed by atoms with Gasteiger partial charge >= 0.3 is 0 Å². The summed E-state index contributed by atoms with van der Waals surface area (Å²) >= 11 is 0. The first-order valence-corrected chi connectivity index (χ1v) is 15.6. The molecule has 2 saturated heterocycles. The molecule has 46 heavy (non-hydrogen) atoms. The summed E-state index contributed by atoms with van der Waals surface area (Å²) in [5, 5.41) is 9.95. The molecule has 3 fully saturated rings. The fraction of sp³-hybridized carbons (Fsp3) is 0.400. The molecule has 11 heteroatoms. The molecule has 2 amide bonds. The second-order valence-corrected chi connectivity index (χ2v) is 12.5. The number of fused-ring (bicyclic) bond motifs is 2. The van der Waals surface area contributed by atoms with E-state index in [1.807, 2.05) is 63.4 Å². The lowest BCUT2D eigenvalue weighted by molar-refractivity contribution is -0.131. The van der Waals surface area contributed by atoms with Crippen LogP contribution >= 0.6 is 0 Å². The Kier molecular flexibility index (Phi) is 8.61. The Bertz CT molecular complexity index is 1690. The van der Waals surface area contributed by atoms with Gasteiger partial charge in [0.2, 0.25) is 5.91 Å². The Morgan fingerprint density at radius 2 is 1.98 bits per heavy atom. The van der Waals surface area contributed by atoms with Gasteiger partial charge in [-0.1, -0.05) is 37.3 Å². The van der Waals surface area contributed by atoms with E-state index in [-0.39, 0.29) is 18.9 Å². The Balaban J connectivity index is 1.24. The number of hydrogen-bond acceptors (Lipinski definition) is 6. The first-order valence-electron chi connectivity index (χ1n) is 15.6. The van der Waals surface area contributed by atoms with E-state index in [4.69, 9.17) is 4.74 Å². The first kappa shape index (κ1) is 31.3. The third-order valence-corrected chi connectivity index (χ3v) is 9.28. The number of carbonyl (C=O) groups is 2. The molecule has 1 aromatic heterocycles. The maximum Gasteiger partial charge on any atom is 0.258 e. The number of morpholine rings is 1. The summed E-state index contributed by atoms with van der Waals surface area (Å²) in [7, 11) is 3.64. The molecule has 2 aliphatic heterocycles. The fourth-order valence-corrected chi connectivity index (χ4v) is 6.39. The monoisotopic (exact) mass is 625 g/mol. The van der Waals surface area contributed by atoms with Crippen molar-refractivity contribution >= 4 is 35.8 Å². The van der Waals surface area contributed by atoms with Crippen molar-refractivity contribution in [1.82, 2.24) is 20.0 Å². The predicted octanol–water partition coefficient (Wildman–Crippen LogP) is 4.67. The third kappa shape index (κ3) is 6.24. The number of benzene rings is 2. The van der Waals surface area contributed by atoms with E-state index < -0.39 is 29.4 Å². The minimum Gasteiger partial charge on any atom is -0.374 e. The highest BCUT2D eigenvalue weighted by atomic mass is 19.1. The van der Waals surface area contributed by atoms with Crippen molar-refractivity contribution in [2.24, 2.45) is 17.0 Å². The number of aromatic nitrogens is 2. The number of carbonyl (C=O) groups excluding carboxylic acids is 2. The molecule has 3 aromatic rings. The maximum absolute atomic E-state index is 14.8. The van der Waals surface area contributed by atoms with Crippen molar-refractivity contribution in [3.8, 4) is 11.3 Å². The first-order chi connectivity index (χ1) is 22.1. The SMILES string of the molecule is C=N/C(=C\C(=NC)N1C[C@@H]2C[C@H]1CO2)c1cccc([C@@H](C)[C@H](NC(=O)C2(F)CC2)C(=O)Nc2ccc(-c3c(C)cnn3C)cc2)c1. The second-order valence-electron chi connectivity index (χ2n) is 12.5. The van der Waals surface area contributed by atoms with Gasteiger partial charge in [-0.3, -0.25) is 24.3 Å². The van der Waals surface area contributed by atoms with Crippen LogP contribution in [0.3, 0.4) is 0 Å². The largest absolute Gasteiger partial charge is 0.374 e. The Morgan fingerprint density at radius 1 is 1.22 bits per heavy atom. The quantitative estimate of drug-likeness (QED) is 0.251. The van der Waals surface area contributed by atoms with E-state index in [0.717, 1.165) is 46.7 Å². The summed E-state index contributed by atoms with van der Waals surface area (Å²) in [5.74, 6) is -0.897. The lowest BCUT2D eigenvalue weighted by Gasteiger charge is -2.28. The van der Waals surface area contributed by atoms with E-state index in [1.54, 1.807) is 30.1 Å². The third-order valence-electron chi connectivity index (χ3n) is 9.28. The van der Waals surface area contributed by atoms with Crippen molar-refractivity contribution in [1.29, 1.82) is 0 Å². The fourth-order valence-electron chi connectivity index (χ4n) is 6.39. The number of nitrogens with one attached hydrogen (secondary N) is 2. The van der Waals surface area contributed by atoms with Gasteiger partial charge in [-0.05, 0) is 62.2 Å². The van der Waals surface area contributed by atoms with Crippen molar-refractivity contribution in [3.63, 3.8) is 0 Å². The van der Waals surface area contributed by atoms with Gasteiger partial charge in [-0.25, -0.2) is 4.39 Å². The van der Waals surface area contributed by atoms with Crippen LogP contribution in [0.4, 0.5) is 10.1 Å². The molecule has 3 aliphatic rings. The summed E-state index contributed by atoms with van der Waals surface area (Å²) in [4.78, 5) is 37.7. The van der Waals surface area contributed by atoms with Crippen molar-refractivity contribution in [2.75, 3.05) is 25.5 Å². The van der Waals surface area contributed by atoms with Gasteiger partial charge in [0.05, 0.1) is 36.3 Å². The van der Waals surface area contributed by atoms with Crippen molar-refractivity contribution in [3.05, 3.63) is 77.5 Å². The number of aryl methyl sites for hydroxylation is 2. The molecule has 10 nitrogen and oxygen atoms in total. The standard InChI is InChI=1S/C35H40FN7O3/c1-21-18-39-42(5)32(21)23-9-11-26(12-10-23)40-33(44)31(41-34(45)35(36)13-14-35)22(2)24-7-6-8-25(15-24)29(37-3)17-30(38-4)43-19-28-16-27(43)20-46-28/h6-12,15,17-18,22,27-28,31H,3,13-14,16,19-20H2,1-2,4-5H3,(H,40,44)(H,41,45)/b29-17-,38-30?/t22-,27+,28+,31+/m1/s1. The van der Waals surface area contributed by atoms with E-state index in [1.165, 1.54) is 0 Å². The number of anilines is 1. The molecule has 4 atom stereocenters. The average Bonchev–Trinajstić information content (AvgIpc) is 3.34. The van der Waals surface area contributed by atoms with E-state index in [0.29, 0.717) is 24.0 Å². The molecule has 3 heterocycles. The number of rotatable bonds is 10. The average molecular weight is 626 g/mol. The minimum absolute atomic E-state index is 0.150. The van der Waals surface area contributed by atoms with E-state index >= 15 is 0 Å². The lowest BCUT2D eigenvalue weighted by Crippen LogP contribution is -2.50. The van der Waals surface area contributed by atoms with Crippen LogP contribution in [0.15, 0.2) is 70.8 Å². The topological polar surface area (TPSA) is 113 Å². The zero-order valence-corrected chi connectivity index (χ0v) is 26.7. The van der Waals surface area contributed by atoms with Crippen molar-refractivity contribution in [2.45, 2.75) is 62.9 Å². The molecular formula is C35H40FN7O3. The minimum atomic E-state index is -1.93. The number of amides is 2. The smallest absolute Gasteiger partial charge is 0.258 e. The number of alkyl halides is 1. The molecule has 1 aliphatic carbocycles. The van der Waals surface area contributed by atoms with Crippen LogP contribution in [0.1, 0.15) is 48.8 Å². The van der Waals surface area contributed by atoms with Gasteiger partial charge in [0.15, 0.2) is 5.67 Å². The zero-order valence-electron chi connectivity index (χ0n) is 26.7. The lowest BCUT2D eigenvalue weighted by atomic mass is 9.90. The van der Waals surface area contributed by atoms with Gasteiger partial charge in [0.25, 0.3) is 5.91 Å². The Hall–Kier alpha value is -4.64. The molecule has 1 saturated carbocycles. The molecule has 0 radical (unpaired) electrons. The molecular weight excluding hydrogens is 585 g/mol. The van der Waals surface area contributed by atoms with Crippen LogP contribution in [0.25, 0.3) is 17.0 Å². The summed E-state index contributed by atoms with van der Waals surface area (Å²) < 4.78 is 22.4. The van der Waals surface area contributed by atoms with Crippen molar-refractivity contribution < 1.29 is 18.7 Å². The number of amidine groups is 1. The number of hydrogen-bond donors (Lipinski definition) is 2. The van der Waals surface area contributed by atoms with E-state index in [2.05, 4.69) is 37.3 Å². The van der Waals surface area contributed by atoms with Crippen LogP contribution in [-0.4, -0.2) is 83.1 Å². The van der Waals surface area contributed by atoms with Crippen LogP contribution in [0, 0.1) is 6.92 Å². The van der Waals surface area contributed by atoms with E-state index in [9.17, 15) is 14.0 Å². The Labute approximate surface area is 268 Å². The summed E-state index contributed by atoms with van der Waals surface area (Å²) in [6, 6.07) is 14.3. The van der Waals surface area contributed by atoms with Gasteiger partial charge in [0.1, 0.15) is 11.9 Å².